The van der Waals surface area contributed by atoms with Crippen molar-refractivity contribution in [2.75, 3.05) is 20.1 Å². The van der Waals surface area contributed by atoms with Gasteiger partial charge in [0, 0.05) is 17.5 Å². The van der Waals surface area contributed by atoms with E-state index in [1.165, 1.54) is 24.3 Å². The van der Waals surface area contributed by atoms with Gasteiger partial charge < -0.3 is 5.32 Å². The first-order chi connectivity index (χ1) is 9.06. The smallest absolute Gasteiger partial charge is 0.0931 e. The van der Waals surface area contributed by atoms with E-state index in [0.717, 1.165) is 35.3 Å². The van der Waals surface area contributed by atoms with Gasteiger partial charge in [0.15, 0.2) is 0 Å². The first-order valence-electron chi connectivity index (χ1n) is 7.21. The maximum absolute atomic E-state index is 5.99. The molecule has 1 aromatic rings. The van der Waals surface area contributed by atoms with Crippen molar-refractivity contribution in [2.24, 2.45) is 11.8 Å². The lowest BCUT2D eigenvalue weighted by Gasteiger charge is -2.43. The second-order valence-electron chi connectivity index (χ2n) is 6.08. The number of nitrogens with zero attached hydrogens (tertiary/aromatic N) is 1. The van der Waals surface area contributed by atoms with Crippen LogP contribution in [0, 0.1) is 11.8 Å². The van der Waals surface area contributed by atoms with Crippen molar-refractivity contribution in [2.45, 2.75) is 39.3 Å². The summed E-state index contributed by atoms with van der Waals surface area (Å²) in [5.41, 5.74) is 0. The summed E-state index contributed by atoms with van der Waals surface area (Å²) in [6.07, 6.45) is 2.70. The second kappa shape index (κ2) is 7.07. The molecule has 1 N–H and O–H groups in total. The van der Waals surface area contributed by atoms with Gasteiger partial charge in [0.25, 0.3) is 0 Å². The van der Waals surface area contributed by atoms with Crippen LogP contribution in [0.4, 0.5) is 0 Å². The van der Waals surface area contributed by atoms with E-state index >= 15 is 0 Å². The maximum atomic E-state index is 5.99. The Morgan fingerprint density at radius 2 is 2.21 bits per heavy atom. The Labute approximate surface area is 126 Å². The number of thiophene rings is 1. The average Bonchev–Trinajstić information content (AvgIpc) is 2.68. The lowest BCUT2D eigenvalue weighted by molar-refractivity contribution is 0.0784. The van der Waals surface area contributed by atoms with Crippen molar-refractivity contribution in [3.63, 3.8) is 0 Å². The molecule has 2 rings (SSSR count). The molecule has 1 saturated carbocycles. The number of halogens is 1. The average molecular weight is 301 g/mol. The molecule has 1 aliphatic carbocycles. The van der Waals surface area contributed by atoms with Crippen LogP contribution in [0.5, 0.6) is 0 Å². The van der Waals surface area contributed by atoms with Gasteiger partial charge in [-0.25, -0.2) is 0 Å². The van der Waals surface area contributed by atoms with Crippen LogP contribution in [0.3, 0.4) is 0 Å². The van der Waals surface area contributed by atoms with Crippen molar-refractivity contribution in [3.8, 4) is 0 Å². The van der Waals surface area contributed by atoms with E-state index in [4.69, 9.17) is 11.6 Å². The quantitative estimate of drug-likeness (QED) is 0.822. The van der Waals surface area contributed by atoms with Gasteiger partial charge in [0.2, 0.25) is 0 Å². The topological polar surface area (TPSA) is 15.3 Å². The van der Waals surface area contributed by atoms with Gasteiger partial charge in [-0.3, -0.25) is 4.90 Å². The van der Waals surface area contributed by atoms with E-state index < -0.39 is 0 Å². The fourth-order valence-corrected chi connectivity index (χ4v) is 3.88. The minimum absolute atomic E-state index is 0.737. The minimum atomic E-state index is 0.737. The predicted molar refractivity (Wildman–Crippen MR) is 85.0 cm³/mol. The third-order valence-electron chi connectivity index (χ3n) is 3.94. The summed E-state index contributed by atoms with van der Waals surface area (Å²) in [6.45, 7) is 7.85. The molecular weight excluding hydrogens is 276 g/mol. The zero-order valence-electron chi connectivity index (χ0n) is 12.2. The summed E-state index contributed by atoms with van der Waals surface area (Å²) >= 11 is 7.69. The minimum Gasteiger partial charge on any atom is -0.316 e. The molecule has 1 aliphatic rings. The van der Waals surface area contributed by atoms with Crippen molar-refractivity contribution in [3.05, 3.63) is 21.3 Å². The number of hydrogen-bond acceptors (Lipinski definition) is 3. The Morgan fingerprint density at radius 1 is 1.42 bits per heavy atom. The monoisotopic (exact) mass is 300 g/mol. The fourth-order valence-electron chi connectivity index (χ4n) is 2.73. The Morgan fingerprint density at radius 3 is 2.74 bits per heavy atom. The number of hydrogen-bond donors (Lipinski definition) is 1. The van der Waals surface area contributed by atoms with Gasteiger partial charge >= 0.3 is 0 Å². The molecule has 0 aliphatic heterocycles. The molecule has 0 bridgehead atoms. The van der Waals surface area contributed by atoms with Crippen LogP contribution in [0.15, 0.2) is 12.1 Å². The zero-order valence-corrected chi connectivity index (χ0v) is 13.7. The Balaban J connectivity index is 1.74. The molecule has 0 spiro atoms. The van der Waals surface area contributed by atoms with Gasteiger partial charge in [-0.1, -0.05) is 25.4 Å². The molecule has 19 heavy (non-hydrogen) atoms. The van der Waals surface area contributed by atoms with Gasteiger partial charge in [0.1, 0.15) is 0 Å². The third-order valence-corrected chi connectivity index (χ3v) is 5.15. The van der Waals surface area contributed by atoms with Crippen molar-refractivity contribution in [1.29, 1.82) is 0 Å². The van der Waals surface area contributed by atoms with Crippen LogP contribution in [0.1, 0.15) is 31.6 Å². The molecule has 1 heterocycles. The molecule has 2 nitrogen and oxygen atoms in total. The van der Waals surface area contributed by atoms with Crippen LogP contribution >= 0.6 is 22.9 Å². The Bertz CT molecular complexity index is 391. The molecular formula is C15H25ClN2S. The lowest BCUT2D eigenvalue weighted by Crippen LogP contribution is -2.48. The fraction of sp³-hybridized carbons (Fsp3) is 0.733. The lowest BCUT2D eigenvalue weighted by atomic mass is 9.78. The third kappa shape index (κ3) is 4.45. The van der Waals surface area contributed by atoms with Crippen LogP contribution in [0.2, 0.25) is 4.34 Å². The van der Waals surface area contributed by atoms with Crippen LogP contribution in [-0.4, -0.2) is 31.1 Å². The Kier molecular flexibility index (Phi) is 5.70. The highest BCUT2D eigenvalue weighted by Gasteiger charge is 2.33. The van der Waals surface area contributed by atoms with E-state index in [0.29, 0.717) is 0 Å². The predicted octanol–water partition coefficient (Wildman–Crippen LogP) is 3.86. The molecule has 0 amide bonds. The normalized spacial score (nSPS) is 23.1. The van der Waals surface area contributed by atoms with Gasteiger partial charge in [-0.2, -0.15) is 0 Å². The van der Waals surface area contributed by atoms with Gasteiger partial charge in [0.05, 0.1) is 4.34 Å². The maximum Gasteiger partial charge on any atom is 0.0931 e. The molecule has 0 radical (unpaired) electrons. The van der Waals surface area contributed by atoms with E-state index in [1.54, 1.807) is 11.3 Å². The highest BCUT2D eigenvalue weighted by molar-refractivity contribution is 7.16. The Hall–Kier alpha value is -0.0900. The van der Waals surface area contributed by atoms with E-state index in [2.05, 4.69) is 37.2 Å². The molecule has 1 fully saturated rings. The molecule has 4 heteroatoms. The van der Waals surface area contributed by atoms with Crippen molar-refractivity contribution < 1.29 is 0 Å². The largest absolute Gasteiger partial charge is 0.316 e. The standard InChI is InChI=1S/C15H25ClN2S/c1-11(2)8-17-9-12-4-6-14(12)18(3)10-13-5-7-15(16)19-13/h5,7,11-12,14,17H,4,6,8-10H2,1-3H3. The molecule has 0 aromatic carbocycles. The molecule has 0 saturated heterocycles. The SMILES string of the molecule is CC(C)CNCC1CCC1N(C)Cc1ccc(Cl)s1. The summed E-state index contributed by atoms with van der Waals surface area (Å²) in [5, 5.41) is 3.59. The highest BCUT2D eigenvalue weighted by Crippen LogP contribution is 2.33. The molecule has 2 unspecified atom stereocenters. The van der Waals surface area contributed by atoms with Crippen LogP contribution < -0.4 is 5.32 Å². The van der Waals surface area contributed by atoms with Crippen molar-refractivity contribution >= 4 is 22.9 Å². The summed E-state index contributed by atoms with van der Waals surface area (Å²) in [4.78, 5) is 3.86. The molecule has 2 atom stereocenters. The van der Waals surface area contributed by atoms with E-state index in [9.17, 15) is 0 Å². The summed E-state index contributed by atoms with van der Waals surface area (Å²) in [5.74, 6) is 1.56. The highest BCUT2D eigenvalue weighted by atomic mass is 35.5. The molecule has 1 aromatic heterocycles. The summed E-state index contributed by atoms with van der Waals surface area (Å²) < 4.78 is 0.896. The number of rotatable bonds is 7. The first kappa shape index (κ1) is 15.3. The second-order valence-corrected chi connectivity index (χ2v) is 7.88. The summed E-state index contributed by atoms with van der Waals surface area (Å²) in [6, 6.07) is 4.88. The zero-order chi connectivity index (χ0) is 13.8. The van der Waals surface area contributed by atoms with Gasteiger partial charge in [-0.05, 0) is 56.9 Å². The first-order valence-corrected chi connectivity index (χ1v) is 8.41. The van der Waals surface area contributed by atoms with Crippen LogP contribution in [-0.2, 0) is 6.54 Å². The van der Waals surface area contributed by atoms with Gasteiger partial charge in [-0.15, -0.1) is 11.3 Å². The van der Waals surface area contributed by atoms with E-state index in [1.807, 2.05) is 6.07 Å². The van der Waals surface area contributed by atoms with Crippen molar-refractivity contribution in [1.82, 2.24) is 10.2 Å². The van der Waals surface area contributed by atoms with Crippen LogP contribution in [0.25, 0.3) is 0 Å². The number of nitrogens with one attached hydrogen (secondary N) is 1. The van der Waals surface area contributed by atoms with E-state index in [-0.39, 0.29) is 0 Å². The molecule has 108 valence electrons. The summed E-state index contributed by atoms with van der Waals surface area (Å²) in [7, 11) is 2.24.